The second-order valence-corrected chi connectivity index (χ2v) is 4.50. The Morgan fingerprint density at radius 2 is 1.80 bits per heavy atom. The van der Waals surface area contributed by atoms with E-state index in [1.54, 1.807) is 11.6 Å². The lowest BCUT2D eigenvalue weighted by Crippen LogP contribution is -2.43. The quantitative estimate of drug-likeness (QED) is 0.415. The molecule has 4 heteroatoms. The molecule has 1 aromatic heterocycles. The van der Waals surface area contributed by atoms with Crippen molar-refractivity contribution in [2.24, 2.45) is 0 Å². The van der Waals surface area contributed by atoms with Crippen LogP contribution < -0.4 is 4.68 Å². The largest absolute Gasteiger partial charge is 0.461 e. The molecule has 0 saturated carbocycles. The third-order valence-corrected chi connectivity index (χ3v) is 3.19. The van der Waals surface area contributed by atoms with Gasteiger partial charge in [-0.05, 0) is 19.1 Å². The third kappa shape index (κ3) is 2.20. The van der Waals surface area contributed by atoms with Crippen LogP contribution in [0.1, 0.15) is 6.92 Å². The highest BCUT2D eigenvalue weighted by Gasteiger charge is 2.18. The molecule has 20 heavy (non-hydrogen) atoms. The number of carbonyl (C=O) groups excluding carboxylic acids is 1. The number of carbonyl (C=O) groups is 1. The van der Waals surface area contributed by atoms with Crippen LogP contribution in [0.2, 0.25) is 0 Å². The van der Waals surface area contributed by atoms with Crippen LogP contribution in [0.4, 0.5) is 0 Å². The van der Waals surface area contributed by atoms with Crippen LogP contribution in [0.25, 0.3) is 21.8 Å². The topological polar surface area (TPSA) is 43.1 Å². The molecule has 0 aliphatic carbocycles. The molecule has 0 unspecified atom stereocenters. The van der Waals surface area contributed by atoms with Gasteiger partial charge in [0.05, 0.1) is 12.0 Å². The maximum Gasteiger partial charge on any atom is 0.375 e. The fourth-order valence-corrected chi connectivity index (χ4v) is 2.35. The number of benzene rings is 2. The van der Waals surface area contributed by atoms with E-state index in [4.69, 9.17) is 4.74 Å². The zero-order valence-corrected chi connectivity index (χ0v) is 11.2. The first kappa shape index (κ1) is 12.5. The summed E-state index contributed by atoms with van der Waals surface area (Å²) in [6.07, 6.45) is 0. The minimum Gasteiger partial charge on any atom is -0.461 e. The maximum atomic E-state index is 11.7. The van der Waals surface area contributed by atoms with Gasteiger partial charge in [0.25, 0.3) is 6.54 Å². The van der Waals surface area contributed by atoms with E-state index >= 15 is 0 Å². The van der Waals surface area contributed by atoms with Crippen LogP contribution in [-0.2, 0) is 16.1 Å². The number of hydrogen-bond acceptors (Lipinski definition) is 3. The molecule has 0 bridgehead atoms. The molecule has 0 spiro atoms. The van der Waals surface area contributed by atoms with Gasteiger partial charge in [-0.25, -0.2) is 4.79 Å². The highest BCUT2D eigenvalue weighted by atomic mass is 16.5. The Hall–Kier alpha value is -2.49. The molecule has 100 valence electrons. The molecule has 3 rings (SSSR count). The van der Waals surface area contributed by atoms with Crippen molar-refractivity contribution < 1.29 is 14.2 Å². The van der Waals surface area contributed by atoms with E-state index in [2.05, 4.69) is 5.10 Å². The number of hydrogen-bond donors (Lipinski definition) is 0. The minimum absolute atomic E-state index is 0.124. The van der Waals surface area contributed by atoms with Gasteiger partial charge in [-0.1, -0.05) is 35.0 Å². The Labute approximate surface area is 116 Å². The number of aromatic nitrogens is 2. The number of nitrogens with zero attached hydrogens (tertiary/aromatic N) is 2. The van der Waals surface area contributed by atoms with E-state index in [0.29, 0.717) is 6.61 Å². The molecule has 0 aliphatic heterocycles. The van der Waals surface area contributed by atoms with Gasteiger partial charge in [-0.15, -0.1) is 0 Å². The number of para-hydroxylation sites is 1. The van der Waals surface area contributed by atoms with Crippen molar-refractivity contribution in [3.63, 3.8) is 0 Å². The van der Waals surface area contributed by atoms with E-state index in [0.717, 1.165) is 21.8 Å². The Morgan fingerprint density at radius 1 is 1.10 bits per heavy atom. The fourth-order valence-electron chi connectivity index (χ4n) is 2.35. The Morgan fingerprint density at radius 3 is 2.60 bits per heavy atom. The molecule has 0 N–H and O–H groups in total. The first-order valence-electron chi connectivity index (χ1n) is 6.63. The molecule has 3 aromatic rings. The van der Waals surface area contributed by atoms with Crippen molar-refractivity contribution in [1.29, 1.82) is 0 Å². The Balaban J connectivity index is 2.21. The monoisotopic (exact) mass is 267 g/mol. The summed E-state index contributed by atoms with van der Waals surface area (Å²) < 4.78 is 6.71. The lowest BCUT2D eigenvalue weighted by atomic mass is 10.1. The highest BCUT2D eigenvalue weighted by Crippen LogP contribution is 2.20. The summed E-state index contributed by atoms with van der Waals surface area (Å²) in [5, 5.41) is 6.71. The van der Waals surface area contributed by atoms with E-state index < -0.39 is 0 Å². The summed E-state index contributed by atoms with van der Waals surface area (Å²) in [6, 6.07) is 15.9. The molecule has 0 radical (unpaired) electrons. The Kier molecular flexibility index (Phi) is 3.29. The highest BCUT2D eigenvalue weighted by molar-refractivity contribution is 6.02. The summed E-state index contributed by atoms with van der Waals surface area (Å²) >= 11 is 0. The van der Waals surface area contributed by atoms with E-state index in [-0.39, 0.29) is 12.5 Å². The summed E-state index contributed by atoms with van der Waals surface area (Å²) in [4.78, 5) is 11.7. The van der Waals surface area contributed by atoms with E-state index in [1.807, 2.05) is 48.5 Å². The van der Waals surface area contributed by atoms with Crippen molar-refractivity contribution in [3.8, 4) is 0 Å². The van der Waals surface area contributed by atoms with Crippen molar-refractivity contribution in [2.45, 2.75) is 13.5 Å². The SMILES string of the molecule is CCOC(=O)C[n+]1nc2ccccc2c2ccccc21. The van der Waals surface area contributed by atoms with Gasteiger partial charge in [0.1, 0.15) is 5.52 Å². The van der Waals surface area contributed by atoms with Crippen LogP contribution in [0, 0.1) is 0 Å². The van der Waals surface area contributed by atoms with Crippen molar-refractivity contribution in [1.82, 2.24) is 5.10 Å². The van der Waals surface area contributed by atoms with Crippen molar-refractivity contribution in [2.75, 3.05) is 6.61 Å². The normalized spacial score (nSPS) is 10.8. The average molecular weight is 267 g/mol. The van der Waals surface area contributed by atoms with Crippen molar-refractivity contribution in [3.05, 3.63) is 48.5 Å². The number of ether oxygens (including phenoxy) is 1. The maximum absolute atomic E-state index is 11.7. The van der Waals surface area contributed by atoms with Gasteiger partial charge >= 0.3 is 5.97 Å². The van der Waals surface area contributed by atoms with E-state index in [9.17, 15) is 4.79 Å². The van der Waals surface area contributed by atoms with Crippen LogP contribution >= 0.6 is 0 Å². The molecule has 1 heterocycles. The predicted molar refractivity (Wildman–Crippen MR) is 76.1 cm³/mol. The molecule has 0 saturated heterocycles. The molecule has 0 atom stereocenters. The second-order valence-electron chi connectivity index (χ2n) is 4.50. The van der Waals surface area contributed by atoms with Crippen LogP contribution in [0.5, 0.6) is 0 Å². The lowest BCUT2D eigenvalue weighted by molar-refractivity contribution is -0.716. The van der Waals surface area contributed by atoms with Gasteiger partial charge in [-0.2, -0.15) is 0 Å². The zero-order chi connectivity index (χ0) is 13.9. The summed E-state index contributed by atoms with van der Waals surface area (Å²) in [6.45, 7) is 2.30. The van der Waals surface area contributed by atoms with Crippen LogP contribution in [-0.4, -0.2) is 17.7 Å². The minimum atomic E-state index is -0.273. The molecular weight excluding hydrogens is 252 g/mol. The molecule has 0 fully saturated rings. The summed E-state index contributed by atoms with van der Waals surface area (Å²) in [5.74, 6) is -0.273. The molecule has 4 nitrogen and oxygen atoms in total. The number of esters is 1. The third-order valence-electron chi connectivity index (χ3n) is 3.19. The fraction of sp³-hybridized carbons (Fsp3) is 0.188. The standard InChI is InChI=1S/C16H15N2O2/c1-2-20-16(19)11-18-15-10-6-4-8-13(15)12-7-3-5-9-14(12)17-18/h3-10H,2,11H2,1H3/q+1. The van der Waals surface area contributed by atoms with Gasteiger partial charge in [0.2, 0.25) is 5.52 Å². The van der Waals surface area contributed by atoms with Gasteiger partial charge in [-0.3, -0.25) is 0 Å². The first-order valence-corrected chi connectivity index (χ1v) is 6.63. The van der Waals surface area contributed by atoms with E-state index in [1.165, 1.54) is 0 Å². The number of rotatable bonds is 3. The van der Waals surface area contributed by atoms with Gasteiger partial charge in [0, 0.05) is 16.6 Å². The summed E-state index contributed by atoms with van der Waals surface area (Å²) in [5.41, 5.74) is 1.80. The van der Waals surface area contributed by atoms with Crippen molar-refractivity contribution >= 4 is 27.8 Å². The van der Waals surface area contributed by atoms with Gasteiger partial charge < -0.3 is 4.74 Å². The average Bonchev–Trinajstić information content (AvgIpc) is 2.48. The first-order chi connectivity index (χ1) is 9.79. The molecule has 2 aromatic carbocycles. The van der Waals surface area contributed by atoms with Crippen LogP contribution in [0.3, 0.4) is 0 Å². The lowest BCUT2D eigenvalue weighted by Gasteiger charge is -2.03. The number of fused-ring (bicyclic) bond motifs is 3. The molecule has 0 aliphatic rings. The smallest absolute Gasteiger partial charge is 0.375 e. The Bertz CT molecular complexity index is 784. The zero-order valence-electron chi connectivity index (χ0n) is 11.2. The molecular formula is C16H15N2O2+. The van der Waals surface area contributed by atoms with Crippen LogP contribution in [0.15, 0.2) is 48.5 Å². The van der Waals surface area contributed by atoms with Gasteiger partial charge in [0.15, 0.2) is 0 Å². The predicted octanol–water partition coefficient (Wildman–Crippen LogP) is 2.24. The summed E-state index contributed by atoms with van der Waals surface area (Å²) in [7, 11) is 0. The second kappa shape index (κ2) is 5.25. The molecule has 0 amide bonds.